The Labute approximate surface area is 122 Å². The van der Waals surface area contributed by atoms with Crippen molar-refractivity contribution in [3.05, 3.63) is 48.3 Å². The van der Waals surface area contributed by atoms with Gasteiger partial charge in [0.15, 0.2) is 0 Å². The van der Waals surface area contributed by atoms with E-state index >= 15 is 0 Å². The minimum atomic E-state index is -0.842. The number of aliphatic hydroxyl groups is 1. The van der Waals surface area contributed by atoms with Crippen LogP contribution >= 0.6 is 0 Å². The number of carbonyl (C=O) groups is 1. The number of aromatic nitrogens is 2. The van der Waals surface area contributed by atoms with Crippen molar-refractivity contribution in [2.75, 3.05) is 19.6 Å². The van der Waals surface area contributed by atoms with E-state index in [2.05, 4.69) is 15.7 Å². The summed E-state index contributed by atoms with van der Waals surface area (Å²) in [5, 5.41) is 20.2. The Morgan fingerprint density at radius 2 is 2.24 bits per heavy atom. The summed E-state index contributed by atoms with van der Waals surface area (Å²) in [5.41, 5.74) is 0.536. The monoisotopic (exact) mass is 286 g/mol. The Morgan fingerprint density at radius 1 is 1.43 bits per heavy atom. The summed E-state index contributed by atoms with van der Waals surface area (Å²) in [6.07, 6.45) is 3.86. The molecule has 2 aromatic rings. The maximum absolute atomic E-state index is 12.1. The zero-order valence-corrected chi connectivity index (χ0v) is 11.6. The molecule has 1 unspecified atom stereocenters. The van der Waals surface area contributed by atoms with E-state index in [1.165, 1.54) is 6.20 Å². The highest BCUT2D eigenvalue weighted by molar-refractivity contribution is 5.93. The van der Waals surface area contributed by atoms with Gasteiger partial charge in [-0.3, -0.25) is 4.79 Å². The van der Waals surface area contributed by atoms with E-state index in [4.69, 9.17) is 0 Å². The Kier molecular flexibility index (Phi) is 3.72. The van der Waals surface area contributed by atoms with Crippen molar-refractivity contribution in [3.8, 4) is 5.69 Å². The molecule has 1 aromatic heterocycles. The number of amides is 1. The Hall–Kier alpha value is -2.18. The minimum absolute atomic E-state index is 0.225. The molecule has 6 nitrogen and oxygen atoms in total. The second-order valence-electron chi connectivity index (χ2n) is 5.34. The molecule has 1 aliphatic rings. The van der Waals surface area contributed by atoms with Gasteiger partial charge < -0.3 is 15.7 Å². The van der Waals surface area contributed by atoms with Crippen LogP contribution in [0, 0.1) is 0 Å². The average Bonchev–Trinajstić information content (AvgIpc) is 3.16. The number of hydrogen-bond acceptors (Lipinski definition) is 4. The number of hydrogen-bond donors (Lipinski definition) is 3. The molecule has 0 bridgehead atoms. The number of nitrogens with zero attached hydrogens (tertiary/aromatic N) is 2. The van der Waals surface area contributed by atoms with E-state index in [-0.39, 0.29) is 12.5 Å². The molecule has 0 radical (unpaired) electrons. The van der Waals surface area contributed by atoms with E-state index in [9.17, 15) is 9.90 Å². The van der Waals surface area contributed by atoms with Crippen molar-refractivity contribution in [1.29, 1.82) is 0 Å². The number of nitrogens with one attached hydrogen (secondary N) is 2. The van der Waals surface area contributed by atoms with E-state index < -0.39 is 5.60 Å². The molecule has 1 fully saturated rings. The Balaban J connectivity index is 1.64. The van der Waals surface area contributed by atoms with Crippen LogP contribution in [0.25, 0.3) is 5.69 Å². The van der Waals surface area contributed by atoms with Crippen LogP contribution in [0.15, 0.2) is 42.7 Å². The van der Waals surface area contributed by atoms with Gasteiger partial charge in [-0.2, -0.15) is 5.10 Å². The lowest BCUT2D eigenvalue weighted by Crippen LogP contribution is -2.44. The van der Waals surface area contributed by atoms with Crippen LogP contribution in [0.3, 0.4) is 0 Å². The molecule has 1 saturated heterocycles. The quantitative estimate of drug-likeness (QED) is 0.756. The molecule has 6 heteroatoms. The molecule has 0 saturated carbocycles. The van der Waals surface area contributed by atoms with Crippen molar-refractivity contribution in [1.82, 2.24) is 20.4 Å². The highest BCUT2D eigenvalue weighted by Crippen LogP contribution is 2.13. The molecule has 1 amide bonds. The fourth-order valence-electron chi connectivity index (χ4n) is 2.39. The highest BCUT2D eigenvalue weighted by Gasteiger charge is 2.31. The number of β-amino-alcohol motifs (C(OH)–C–C–N with tert-alkyl or cyclic N) is 1. The van der Waals surface area contributed by atoms with Gasteiger partial charge in [-0.05, 0) is 25.1 Å². The normalized spacial score (nSPS) is 21.4. The van der Waals surface area contributed by atoms with Crippen LogP contribution in [-0.2, 0) is 0 Å². The van der Waals surface area contributed by atoms with Crippen LogP contribution in [0.1, 0.15) is 16.8 Å². The van der Waals surface area contributed by atoms with Gasteiger partial charge in [0.05, 0.1) is 23.0 Å². The summed E-state index contributed by atoms with van der Waals surface area (Å²) in [4.78, 5) is 12.1. The number of para-hydroxylation sites is 1. The predicted molar refractivity (Wildman–Crippen MR) is 78.3 cm³/mol. The third-order valence-corrected chi connectivity index (χ3v) is 3.66. The molecule has 1 aromatic carbocycles. The molecular weight excluding hydrogens is 268 g/mol. The fourth-order valence-corrected chi connectivity index (χ4v) is 2.39. The van der Waals surface area contributed by atoms with Gasteiger partial charge in [0.25, 0.3) is 5.91 Å². The first-order valence-corrected chi connectivity index (χ1v) is 6.98. The molecule has 1 aliphatic heterocycles. The van der Waals surface area contributed by atoms with E-state index in [1.54, 1.807) is 10.9 Å². The first kappa shape index (κ1) is 13.8. The van der Waals surface area contributed by atoms with Crippen LogP contribution in [0.2, 0.25) is 0 Å². The second-order valence-corrected chi connectivity index (χ2v) is 5.34. The van der Waals surface area contributed by atoms with Crippen LogP contribution in [0.4, 0.5) is 0 Å². The lowest BCUT2D eigenvalue weighted by molar-refractivity contribution is 0.0562. The van der Waals surface area contributed by atoms with Gasteiger partial charge in [0, 0.05) is 19.3 Å². The summed E-state index contributed by atoms with van der Waals surface area (Å²) in [6.45, 7) is 1.53. The summed E-state index contributed by atoms with van der Waals surface area (Å²) < 4.78 is 1.65. The maximum atomic E-state index is 12.1. The lowest BCUT2D eigenvalue weighted by atomic mass is 10.0. The minimum Gasteiger partial charge on any atom is -0.387 e. The first-order chi connectivity index (χ1) is 10.2. The number of benzene rings is 1. The molecule has 3 N–H and O–H groups in total. The standard InChI is InChI=1S/C15H18N4O2/c20-14(17-11-15(21)6-7-16-10-15)12-8-18-19(9-12)13-4-2-1-3-5-13/h1-5,8-9,16,21H,6-7,10-11H2,(H,17,20). The van der Waals surface area contributed by atoms with E-state index in [0.717, 1.165) is 12.2 Å². The third-order valence-electron chi connectivity index (χ3n) is 3.66. The highest BCUT2D eigenvalue weighted by atomic mass is 16.3. The predicted octanol–water partition coefficient (Wildman–Crippen LogP) is 0.326. The summed E-state index contributed by atoms with van der Waals surface area (Å²) in [5.74, 6) is -0.225. The van der Waals surface area contributed by atoms with Crippen molar-refractivity contribution >= 4 is 5.91 Å². The lowest BCUT2D eigenvalue weighted by Gasteiger charge is -2.21. The van der Waals surface area contributed by atoms with Crippen molar-refractivity contribution in [2.45, 2.75) is 12.0 Å². The zero-order valence-electron chi connectivity index (χ0n) is 11.6. The smallest absolute Gasteiger partial charge is 0.254 e. The summed E-state index contributed by atoms with van der Waals surface area (Å²) in [7, 11) is 0. The summed E-state index contributed by atoms with van der Waals surface area (Å²) >= 11 is 0. The fraction of sp³-hybridized carbons (Fsp3) is 0.333. The molecule has 110 valence electrons. The molecular formula is C15H18N4O2. The van der Waals surface area contributed by atoms with Crippen LogP contribution in [-0.4, -0.2) is 46.0 Å². The van der Waals surface area contributed by atoms with E-state index in [1.807, 2.05) is 30.3 Å². The number of rotatable bonds is 4. The van der Waals surface area contributed by atoms with Crippen molar-refractivity contribution in [2.24, 2.45) is 0 Å². The average molecular weight is 286 g/mol. The summed E-state index contributed by atoms with van der Waals surface area (Å²) in [6, 6.07) is 9.60. The molecule has 2 heterocycles. The molecule has 0 spiro atoms. The topological polar surface area (TPSA) is 79.2 Å². The van der Waals surface area contributed by atoms with Gasteiger partial charge in [-0.1, -0.05) is 18.2 Å². The Morgan fingerprint density at radius 3 is 2.95 bits per heavy atom. The largest absolute Gasteiger partial charge is 0.387 e. The molecule has 21 heavy (non-hydrogen) atoms. The Bertz CT molecular complexity index is 618. The second kappa shape index (κ2) is 5.67. The van der Waals surface area contributed by atoms with Gasteiger partial charge in [0.1, 0.15) is 0 Å². The van der Waals surface area contributed by atoms with Gasteiger partial charge in [0.2, 0.25) is 0 Å². The van der Waals surface area contributed by atoms with Crippen molar-refractivity contribution < 1.29 is 9.90 Å². The van der Waals surface area contributed by atoms with Gasteiger partial charge in [-0.15, -0.1) is 0 Å². The SMILES string of the molecule is O=C(NCC1(O)CCNC1)c1cnn(-c2ccccc2)c1. The number of carbonyl (C=O) groups excluding carboxylic acids is 1. The van der Waals surface area contributed by atoms with Crippen molar-refractivity contribution in [3.63, 3.8) is 0 Å². The van der Waals surface area contributed by atoms with Crippen LogP contribution in [0.5, 0.6) is 0 Å². The van der Waals surface area contributed by atoms with Gasteiger partial charge in [-0.25, -0.2) is 4.68 Å². The third kappa shape index (κ3) is 3.12. The van der Waals surface area contributed by atoms with E-state index in [0.29, 0.717) is 18.5 Å². The molecule has 3 rings (SSSR count). The molecule has 0 aliphatic carbocycles. The van der Waals surface area contributed by atoms with Crippen LogP contribution < -0.4 is 10.6 Å². The first-order valence-electron chi connectivity index (χ1n) is 6.98. The maximum Gasteiger partial charge on any atom is 0.254 e. The zero-order chi connectivity index (χ0) is 14.7. The molecule has 1 atom stereocenters. The van der Waals surface area contributed by atoms with Gasteiger partial charge >= 0.3 is 0 Å².